The summed E-state index contributed by atoms with van der Waals surface area (Å²) in [7, 11) is 1.60. The third kappa shape index (κ3) is 2.75. The van der Waals surface area contributed by atoms with Crippen molar-refractivity contribution < 1.29 is 19.8 Å². The lowest BCUT2D eigenvalue weighted by Crippen LogP contribution is -2.47. The highest BCUT2D eigenvalue weighted by atomic mass is 16.4. The van der Waals surface area contributed by atoms with Crippen molar-refractivity contribution in [1.82, 2.24) is 4.90 Å². The molecule has 6 nitrogen and oxygen atoms in total. The van der Waals surface area contributed by atoms with Gasteiger partial charge in [-0.1, -0.05) is 12.1 Å². The summed E-state index contributed by atoms with van der Waals surface area (Å²) in [5, 5.41) is 18.7. The number of carboxylic acid groups (broad SMARTS) is 1. The first kappa shape index (κ1) is 14.3. The molecule has 1 saturated heterocycles. The maximum Gasteiger partial charge on any atom is 0.326 e. The fourth-order valence-corrected chi connectivity index (χ4v) is 2.40. The number of aliphatic hydroxyl groups is 1. The van der Waals surface area contributed by atoms with E-state index in [4.69, 9.17) is 5.11 Å². The molecule has 0 spiro atoms. The Labute approximate surface area is 117 Å². The third-order valence-corrected chi connectivity index (χ3v) is 3.49. The van der Waals surface area contributed by atoms with E-state index in [1.807, 2.05) is 25.1 Å². The molecule has 0 bridgehead atoms. The zero-order chi connectivity index (χ0) is 14.9. The topological polar surface area (TPSA) is 81.1 Å². The van der Waals surface area contributed by atoms with Gasteiger partial charge in [0.2, 0.25) is 0 Å². The van der Waals surface area contributed by atoms with Gasteiger partial charge < -0.3 is 15.1 Å². The zero-order valence-electron chi connectivity index (χ0n) is 11.5. The Morgan fingerprint density at radius 2 is 2.10 bits per heavy atom. The first-order valence-corrected chi connectivity index (χ1v) is 6.42. The van der Waals surface area contributed by atoms with Crippen LogP contribution in [-0.4, -0.2) is 52.9 Å². The van der Waals surface area contributed by atoms with Crippen molar-refractivity contribution >= 4 is 17.7 Å². The van der Waals surface area contributed by atoms with Crippen molar-refractivity contribution in [3.05, 3.63) is 29.8 Å². The van der Waals surface area contributed by atoms with Crippen LogP contribution in [-0.2, 0) is 4.79 Å². The zero-order valence-corrected chi connectivity index (χ0v) is 11.5. The van der Waals surface area contributed by atoms with Gasteiger partial charge in [-0.3, -0.25) is 4.90 Å². The van der Waals surface area contributed by atoms with Crippen molar-refractivity contribution in [2.24, 2.45) is 0 Å². The molecule has 2 amide bonds. The molecule has 1 aliphatic rings. The summed E-state index contributed by atoms with van der Waals surface area (Å²) in [6, 6.07) is 6.00. The minimum atomic E-state index is -1.09. The second kappa shape index (κ2) is 5.50. The Hall–Kier alpha value is -2.08. The number of carbonyl (C=O) groups excluding carboxylic acids is 1. The summed E-state index contributed by atoms with van der Waals surface area (Å²) in [6.45, 7) is 1.97. The van der Waals surface area contributed by atoms with Gasteiger partial charge >= 0.3 is 12.0 Å². The van der Waals surface area contributed by atoms with Crippen LogP contribution in [0.25, 0.3) is 0 Å². The molecule has 2 rings (SSSR count). The fourth-order valence-electron chi connectivity index (χ4n) is 2.40. The van der Waals surface area contributed by atoms with Gasteiger partial charge in [-0.2, -0.15) is 0 Å². The predicted molar refractivity (Wildman–Crippen MR) is 73.7 cm³/mol. The molecule has 1 heterocycles. The summed E-state index contributed by atoms with van der Waals surface area (Å²) >= 11 is 0. The quantitative estimate of drug-likeness (QED) is 0.848. The van der Waals surface area contributed by atoms with Crippen LogP contribution < -0.4 is 4.90 Å². The van der Waals surface area contributed by atoms with Crippen LogP contribution in [0.15, 0.2) is 24.3 Å². The van der Waals surface area contributed by atoms with Gasteiger partial charge in [0, 0.05) is 25.7 Å². The molecule has 1 unspecified atom stereocenters. The molecule has 0 aromatic heterocycles. The standard InChI is InChI=1S/C14H18N2O4/c1-9-4-3-5-10(6-9)15(2)14(20)16-8-11(17)7-12(16)13(18)19/h3-6,11-12,17H,7-8H2,1-2H3,(H,18,19)/t11?,12-/m0/s1. The van der Waals surface area contributed by atoms with Gasteiger partial charge in [0.05, 0.1) is 6.10 Å². The molecule has 0 aliphatic carbocycles. The number of carboxylic acids is 1. The summed E-state index contributed by atoms with van der Waals surface area (Å²) in [6.07, 6.45) is -0.714. The largest absolute Gasteiger partial charge is 0.480 e. The molecule has 0 radical (unpaired) electrons. The monoisotopic (exact) mass is 278 g/mol. The Bertz CT molecular complexity index is 532. The first-order valence-electron chi connectivity index (χ1n) is 6.42. The third-order valence-electron chi connectivity index (χ3n) is 3.49. The van der Waals surface area contributed by atoms with E-state index >= 15 is 0 Å². The Kier molecular flexibility index (Phi) is 3.94. The fraction of sp³-hybridized carbons (Fsp3) is 0.429. The van der Waals surface area contributed by atoms with E-state index in [0.717, 1.165) is 5.56 Å². The number of hydrogen-bond donors (Lipinski definition) is 2. The van der Waals surface area contributed by atoms with Crippen LogP contribution in [0.4, 0.5) is 10.5 Å². The molecule has 2 N–H and O–H groups in total. The van der Waals surface area contributed by atoms with Gasteiger partial charge in [-0.15, -0.1) is 0 Å². The van der Waals surface area contributed by atoms with Crippen LogP contribution in [0.1, 0.15) is 12.0 Å². The number of aryl methyl sites for hydroxylation is 1. The van der Waals surface area contributed by atoms with Crippen LogP contribution in [0, 0.1) is 6.92 Å². The molecule has 1 aromatic rings. The highest BCUT2D eigenvalue weighted by molar-refractivity contribution is 5.94. The number of urea groups is 1. The minimum absolute atomic E-state index is 0.0476. The molecular formula is C14H18N2O4. The van der Waals surface area contributed by atoms with E-state index in [2.05, 4.69) is 0 Å². The van der Waals surface area contributed by atoms with Gasteiger partial charge in [-0.05, 0) is 24.6 Å². The maximum absolute atomic E-state index is 12.4. The molecule has 0 saturated carbocycles. The Morgan fingerprint density at radius 3 is 2.70 bits per heavy atom. The molecule has 1 aliphatic heterocycles. The van der Waals surface area contributed by atoms with Crippen molar-refractivity contribution in [2.75, 3.05) is 18.5 Å². The van der Waals surface area contributed by atoms with Crippen LogP contribution in [0.5, 0.6) is 0 Å². The van der Waals surface area contributed by atoms with Gasteiger partial charge in [0.1, 0.15) is 6.04 Å². The summed E-state index contributed by atoms with van der Waals surface area (Å²) in [4.78, 5) is 26.2. The number of aliphatic carboxylic acids is 1. The van der Waals surface area contributed by atoms with Crippen LogP contribution >= 0.6 is 0 Å². The number of hydrogen-bond acceptors (Lipinski definition) is 3. The minimum Gasteiger partial charge on any atom is -0.480 e. The lowest BCUT2D eigenvalue weighted by atomic mass is 10.2. The van der Waals surface area contributed by atoms with Crippen molar-refractivity contribution in [3.8, 4) is 0 Å². The predicted octanol–water partition coefficient (Wildman–Crippen LogP) is 1.07. The number of carbonyl (C=O) groups is 2. The highest BCUT2D eigenvalue weighted by Gasteiger charge is 2.40. The van der Waals surface area contributed by atoms with Gasteiger partial charge in [0.15, 0.2) is 0 Å². The molecule has 108 valence electrons. The number of likely N-dealkylation sites (tertiary alicyclic amines) is 1. The Balaban J connectivity index is 2.20. The van der Waals surface area contributed by atoms with Crippen LogP contribution in [0.3, 0.4) is 0 Å². The summed E-state index contributed by atoms with van der Waals surface area (Å²) < 4.78 is 0. The van der Waals surface area contributed by atoms with E-state index in [1.165, 1.54) is 9.80 Å². The molecule has 20 heavy (non-hydrogen) atoms. The highest BCUT2D eigenvalue weighted by Crippen LogP contribution is 2.22. The lowest BCUT2D eigenvalue weighted by molar-refractivity contribution is -0.141. The number of nitrogens with zero attached hydrogens (tertiary/aromatic N) is 2. The number of amides is 2. The number of benzene rings is 1. The first-order chi connectivity index (χ1) is 9.40. The average Bonchev–Trinajstić information content (AvgIpc) is 2.79. The average molecular weight is 278 g/mol. The second-order valence-electron chi connectivity index (χ2n) is 5.08. The van der Waals surface area contributed by atoms with Crippen LogP contribution in [0.2, 0.25) is 0 Å². The lowest BCUT2D eigenvalue weighted by Gasteiger charge is -2.27. The molecule has 2 atom stereocenters. The number of rotatable bonds is 2. The maximum atomic E-state index is 12.4. The number of anilines is 1. The van der Waals surface area contributed by atoms with E-state index < -0.39 is 24.1 Å². The normalized spacial score (nSPS) is 21.9. The van der Waals surface area contributed by atoms with Crippen molar-refractivity contribution in [3.63, 3.8) is 0 Å². The SMILES string of the molecule is Cc1cccc(N(C)C(=O)N2CC(O)C[C@H]2C(=O)O)c1. The van der Waals surface area contributed by atoms with E-state index in [1.54, 1.807) is 13.1 Å². The smallest absolute Gasteiger partial charge is 0.326 e. The van der Waals surface area contributed by atoms with Gasteiger partial charge in [-0.25, -0.2) is 9.59 Å². The second-order valence-corrected chi connectivity index (χ2v) is 5.08. The van der Waals surface area contributed by atoms with E-state index in [0.29, 0.717) is 5.69 Å². The summed E-state index contributed by atoms with van der Waals surface area (Å²) in [5.41, 5.74) is 1.71. The summed E-state index contributed by atoms with van der Waals surface area (Å²) in [5.74, 6) is -1.09. The van der Waals surface area contributed by atoms with Crippen molar-refractivity contribution in [1.29, 1.82) is 0 Å². The molecule has 1 fully saturated rings. The molecule has 6 heteroatoms. The number of aliphatic hydroxyl groups excluding tert-OH is 1. The van der Waals surface area contributed by atoms with E-state index in [9.17, 15) is 14.7 Å². The Morgan fingerprint density at radius 1 is 1.40 bits per heavy atom. The van der Waals surface area contributed by atoms with Gasteiger partial charge in [0.25, 0.3) is 0 Å². The van der Waals surface area contributed by atoms with Crippen molar-refractivity contribution in [2.45, 2.75) is 25.5 Å². The number of β-amino-alcohol motifs (C(OH)–C–C–N with tert-alkyl or cyclic N) is 1. The molecule has 1 aromatic carbocycles. The molecular weight excluding hydrogens is 260 g/mol. The van der Waals surface area contributed by atoms with E-state index in [-0.39, 0.29) is 13.0 Å².